The van der Waals surface area contributed by atoms with Gasteiger partial charge in [-0.1, -0.05) is 6.92 Å². The van der Waals surface area contributed by atoms with Crippen LogP contribution >= 0.6 is 11.8 Å². The highest BCUT2D eigenvalue weighted by molar-refractivity contribution is 8.00. The van der Waals surface area contributed by atoms with Gasteiger partial charge in [-0.2, -0.15) is 0 Å². The molecule has 2 bridgehead atoms. The van der Waals surface area contributed by atoms with Crippen LogP contribution in [0, 0.1) is 11.7 Å². The molecular formula is C16H20FN3O2S. The predicted molar refractivity (Wildman–Crippen MR) is 89.4 cm³/mol. The standard InChI is InChI=1S/C16H20FN3O2S/c1-9-4-11-8-23-15(9)20(11)14-3-2-10(5-13(14)17)19-7-12(6-18)22-16(19)21/h2-3,5,9,11-12,15H,4,6-8,18H2,1H3/t9-,11?,12+,15?/m1/s1. The molecule has 0 aliphatic carbocycles. The van der Waals surface area contributed by atoms with Gasteiger partial charge in [-0.25, -0.2) is 9.18 Å². The smallest absolute Gasteiger partial charge is 0.414 e. The molecule has 0 radical (unpaired) electrons. The molecule has 1 aromatic carbocycles. The average molecular weight is 337 g/mol. The normalized spacial score (nSPS) is 32.7. The quantitative estimate of drug-likeness (QED) is 0.918. The van der Waals surface area contributed by atoms with Crippen molar-refractivity contribution in [1.29, 1.82) is 0 Å². The van der Waals surface area contributed by atoms with Crippen molar-refractivity contribution >= 4 is 29.2 Å². The van der Waals surface area contributed by atoms with Gasteiger partial charge in [0.1, 0.15) is 11.9 Å². The number of hydrogen-bond donors (Lipinski definition) is 1. The van der Waals surface area contributed by atoms with E-state index in [9.17, 15) is 9.18 Å². The lowest BCUT2D eigenvalue weighted by Crippen LogP contribution is -2.31. The minimum atomic E-state index is -0.460. The molecule has 3 saturated heterocycles. The predicted octanol–water partition coefficient (Wildman–Crippen LogP) is 2.40. The summed E-state index contributed by atoms with van der Waals surface area (Å²) in [5.41, 5.74) is 6.70. The van der Waals surface area contributed by atoms with Crippen LogP contribution in [0.2, 0.25) is 0 Å². The fourth-order valence-corrected chi connectivity index (χ4v) is 5.41. The molecule has 3 aliphatic rings. The van der Waals surface area contributed by atoms with Gasteiger partial charge in [-0.3, -0.25) is 4.90 Å². The largest absolute Gasteiger partial charge is 0.443 e. The Balaban J connectivity index is 1.60. The summed E-state index contributed by atoms with van der Waals surface area (Å²) in [5.74, 6) is 1.36. The zero-order chi connectivity index (χ0) is 16.1. The van der Waals surface area contributed by atoms with E-state index in [4.69, 9.17) is 10.5 Å². The molecular weight excluding hydrogens is 317 g/mol. The van der Waals surface area contributed by atoms with Gasteiger partial charge in [-0.05, 0) is 30.5 Å². The first-order chi connectivity index (χ1) is 11.1. The Hall–Kier alpha value is -1.47. The molecule has 1 amide bonds. The first-order valence-electron chi connectivity index (χ1n) is 7.96. The number of cyclic esters (lactones) is 1. The summed E-state index contributed by atoms with van der Waals surface area (Å²) in [6.45, 7) is 2.87. The van der Waals surface area contributed by atoms with E-state index in [0.717, 1.165) is 12.2 Å². The lowest BCUT2D eigenvalue weighted by atomic mass is 10.1. The van der Waals surface area contributed by atoms with E-state index < -0.39 is 6.09 Å². The summed E-state index contributed by atoms with van der Waals surface area (Å²) in [7, 11) is 0. The van der Waals surface area contributed by atoms with Crippen LogP contribution < -0.4 is 15.5 Å². The van der Waals surface area contributed by atoms with Crippen molar-refractivity contribution < 1.29 is 13.9 Å². The van der Waals surface area contributed by atoms with Crippen molar-refractivity contribution in [2.45, 2.75) is 30.9 Å². The van der Waals surface area contributed by atoms with Crippen LogP contribution in [0.1, 0.15) is 13.3 Å². The topological polar surface area (TPSA) is 58.8 Å². The minimum Gasteiger partial charge on any atom is -0.443 e. The number of carbonyl (C=O) groups excluding carboxylic acids is 1. The molecule has 3 fully saturated rings. The number of ether oxygens (including phenoxy) is 1. The van der Waals surface area contributed by atoms with Crippen LogP contribution in [-0.4, -0.2) is 42.5 Å². The van der Waals surface area contributed by atoms with Gasteiger partial charge in [0, 0.05) is 18.3 Å². The van der Waals surface area contributed by atoms with Gasteiger partial charge >= 0.3 is 6.09 Å². The Morgan fingerprint density at radius 1 is 1.48 bits per heavy atom. The summed E-state index contributed by atoms with van der Waals surface area (Å²) in [6, 6.07) is 5.44. The second kappa shape index (κ2) is 5.56. The van der Waals surface area contributed by atoms with Crippen LogP contribution in [-0.2, 0) is 4.74 Å². The number of fused-ring (bicyclic) bond motifs is 2. The molecule has 0 saturated carbocycles. The van der Waals surface area contributed by atoms with Gasteiger partial charge in [-0.15, -0.1) is 11.8 Å². The zero-order valence-corrected chi connectivity index (χ0v) is 13.8. The van der Waals surface area contributed by atoms with Crippen LogP contribution in [0.3, 0.4) is 0 Å². The number of carbonyl (C=O) groups is 1. The first kappa shape index (κ1) is 15.1. The van der Waals surface area contributed by atoms with Crippen LogP contribution in [0.15, 0.2) is 18.2 Å². The third kappa shape index (κ3) is 2.37. The number of nitrogens with zero attached hydrogens (tertiary/aromatic N) is 2. The summed E-state index contributed by atoms with van der Waals surface area (Å²) in [4.78, 5) is 15.5. The second-order valence-corrected chi connectivity index (χ2v) is 7.64. The van der Waals surface area contributed by atoms with Crippen LogP contribution in [0.25, 0.3) is 0 Å². The van der Waals surface area contributed by atoms with Crippen molar-refractivity contribution in [2.75, 3.05) is 28.6 Å². The third-order valence-corrected chi connectivity index (χ3v) is 6.53. The van der Waals surface area contributed by atoms with Crippen molar-refractivity contribution in [1.82, 2.24) is 0 Å². The number of nitrogens with two attached hydrogens (primary N) is 1. The van der Waals surface area contributed by atoms with E-state index in [1.165, 1.54) is 11.0 Å². The molecule has 7 heteroatoms. The molecule has 4 atom stereocenters. The minimum absolute atomic E-state index is 0.273. The van der Waals surface area contributed by atoms with Crippen molar-refractivity contribution in [3.63, 3.8) is 0 Å². The Morgan fingerprint density at radius 2 is 2.30 bits per heavy atom. The fourth-order valence-electron chi connectivity index (χ4n) is 3.81. The number of anilines is 2. The van der Waals surface area contributed by atoms with Gasteiger partial charge < -0.3 is 15.4 Å². The van der Waals surface area contributed by atoms with E-state index in [1.807, 2.05) is 11.8 Å². The molecule has 1 aromatic rings. The maximum atomic E-state index is 14.7. The van der Waals surface area contributed by atoms with Crippen LogP contribution in [0.5, 0.6) is 0 Å². The van der Waals surface area contributed by atoms with Crippen molar-refractivity contribution in [3.05, 3.63) is 24.0 Å². The van der Waals surface area contributed by atoms with Crippen molar-refractivity contribution in [3.8, 4) is 0 Å². The second-order valence-electron chi connectivity index (χ2n) is 6.49. The van der Waals surface area contributed by atoms with Crippen LogP contribution in [0.4, 0.5) is 20.6 Å². The molecule has 124 valence electrons. The number of thioether (sulfide) groups is 1. The molecule has 2 N–H and O–H groups in total. The first-order valence-corrected chi connectivity index (χ1v) is 9.01. The molecule has 0 aromatic heterocycles. The monoisotopic (exact) mass is 337 g/mol. The van der Waals surface area contributed by atoms with Gasteiger partial charge in [0.05, 0.1) is 23.3 Å². The Bertz CT molecular complexity index is 644. The maximum Gasteiger partial charge on any atom is 0.414 e. The van der Waals surface area contributed by atoms with Gasteiger partial charge in [0.25, 0.3) is 0 Å². The van der Waals surface area contributed by atoms with Crippen molar-refractivity contribution in [2.24, 2.45) is 11.7 Å². The van der Waals surface area contributed by atoms with E-state index >= 15 is 0 Å². The molecule has 0 spiro atoms. The third-order valence-electron chi connectivity index (χ3n) is 4.92. The van der Waals surface area contributed by atoms with E-state index in [2.05, 4.69) is 11.8 Å². The number of hydrogen-bond acceptors (Lipinski definition) is 5. The highest BCUT2D eigenvalue weighted by Crippen LogP contribution is 2.48. The number of rotatable bonds is 3. The maximum absolute atomic E-state index is 14.7. The average Bonchev–Trinajstić information content (AvgIpc) is 3.19. The van der Waals surface area contributed by atoms with Gasteiger partial charge in [0.15, 0.2) is 0 Å². The summed E-state index contributed by atoms with van der Waals surface area (Å²) >= 11 is 1.91. The number of halogens is 1. The molecule has 5 nitrogen and oxygen atoms in total. The zero-order valence-electron chi connectivity index (χ0n) is 12.9. The Kier molecular flexibility index (Phi) is 3.65. The lowest BCUT2D eigenvalue weighted by molar-refractivity contribution is 0.145. The van der Waals surface area contributed by atoms with E-state index in [0.29, 0.717) is 35.3 Å². The molecule has 2 unspecified atom stereocenters. The lowest BCUT2D eigenvalue weighted by Gasteiger charge is -2.25. The molecule has 23 heavy (non-hydrogen) atoms. The molecule has 3 heterocycles. The SMILES string of the molecule is C[C@@H]1CC2CSC1N2c1ccc(N2C[C@H](CN)OC2=O)cc1F. The van der Waals surface area contributed by atoms with Gasteiger partial charge in [0.2, 0.25) is 0 Å². The highest BCUT2D eigenvalue weighted by atomic mass is 32.2. The Labute approximate surface area is 138 Å². The number of amides is 1. The summed E-state index contributed by atoms with van der Waals surface area (Å²) in [5, 5.41) is 0.360. The Morgan fingerprint density at radius 3 is 2.87 bits per heavy atom. The summed E-state index contributed by atoms with van der Waals surface area (Å²) in [6.07, 6.45) is 0.338. The number of benzene rings is 1. The highest BCUT2D eigenvalue weighted by Gasteiger charge is 2.45. The molecule has 4 rings (SSSR count). The van der Waals surface area contributed by atoms with E-state index in [-0.39, 0.29) is 18.5 Å². The fraction of sp³-hybridized carbons (Fsp3) is 0.562. The van der Waals surface area contributed by atoms with E-state index in [1.54, 1.807) is 12.1 Å². The summed E-state index contributed by atoms with van der Waals surface area (Å²) < 4.78 is 19.8. The molecule has 3 aliphatic heterocycles.